The maximum Gasteiger partial charge on any atom is 0.266 e. The second-order valence-corrected chi connectivity index (χ2v) is 8.79. The van der Waals surface area contributed by atoms with Crippen molar-refractivity contribution in [3.63, 3.8) is 0 Å². The molecule has 0 fully saturated rings. The van der Waals surface area contributed by atoms with Gasteiger partial charge in [-0.3, -0.25) is 19.2 Å². The Kier molecular flexibility index (Phi) is 4.39. The van der Waals surface area contributed by atoms with Crippen molar-refractivity contribution >= 4 is 55.5 Å². The third-order valence-electron chi connectivity index (χ3n) is 6.07. The topological polar surface area (TPSA) is 78.1 Å². The van der Waals surface area contributed by atoms with E-state index in [1.165, 1.54) is 12.1 Å². The third-order valence-corrected chi connectivity index (χ3v) is 6.58. The van der Waals surface area contributed by atoms with Crippen LogP contribution in [-0.2, 0) is 0 Å². The zero-order chi connectivity index (χ0) is 23.7. The van der Waals surface area contributed by atoms with Gasteiger partial charge in [0.25, 0.3) is 22.2 Å². The van der Waals surface area contributed by atoms with Gasteiger partial charge in [0.05, 0.1) is 32.9 Å². The van der Waals surface area contributed by atoms with Crippen LogP contribution in [0.4, 0.5) is 0 Å². The summed E-state index contributed by atoms with van der Waals surface area (Å²) in [7, 11) is 0. The van der Waals surface area contributed by atoms with Crippen molar-refractivity contribution in [2.75, 3.05) is 0 Å². The highest BCUT2D eigenvalue weighted by Crippen LogP contribution is 2.27. The molecule has 0 atom stereocenters. The molecule has 0 N–H and O–H groups in total. The van der Waals surface area contributed by atoms with E-state index in [0.717, 1.165) is 9.13 Å². The summed E-state index contributed by atoms with van der Waals surface area (Å²) in [6, 6.07) is 19.0. The average molecular weight is 487 g/mol. The summed E-state index contributed by atoms with van der Waals surface area (Å²) >= 11 is 11.9. The van der Waals surface area contributed by atoms with Gasteiger partial charge < -0.3 is 0 Å². The summed E-state index contributed by atoms with van der Waals surface area (Å²) in [6.45, 7) is 0. The van der Waals surface area contributed by atoms with Gasteiger partial charge in [0, 0.05) is 10.0 Å². The van der Waals surface area contributed by atoms with Crippen molar-refractivity contribution in [3.05, 3.63) is 124 Å². The smallest absolute Gasteiger partial charge is 0.266 e. The molecule has 164 valence electrons. The first kappa shape index (κ1) is 20.6. The zero-order valence-corrected chi connectivity index (χ0v) is 18.7. The first-order chi connectivity index (χ1) is 16.4. The lowest BCUT2D eigenvalue weighted by Gasteiger charge is -2.00. The van der Waals surface area contributed by atoms with Crippen LogP contribution in [-0.4, -0.2) is 9.13 Å². The Bertz CT molecular complexity index is 1850. The van der Waals surface area contributed by atoms with Crippen LogP contribution in [0.5, 0.6) is 0 Å². The Balaban J connectivity index is 1.71. The van der Waals surface area contributed by atoms with Crippen LogP contribution in [0.3, 0.4) is 0 Å². The van der Waals surface area contributed by atoms with Crippen LogP contribution >= 0.6 is 23.2 Å². The van der Waals surface area contributed by atoms with Gasteiger partial charge in [-0.25, -0.2) is 9.13 Å². The van der Waals surface area contributed by atoms with Gasteiger partial charge in [-0.05, 0) is 71.4 Å². The molecule has 6 rings (SSSR count). The molecule has 8 heteroatoms. The van der Waals surface area contributed by atoms with E-state index in [0.29, 0.717) is 32.2 Å². The molecular weight excluding hydrogens is 475 g/mol. The molecule has 0 aliphatic rings. The average Bonchev–Trinajstić information content (AvgIpc) is 3.25. The molecular formula is C26H12Cl2N2O4. The summed E-state index contributed by atoms with van der Waals surface area (Å²) < 4.78 is 2.17. The molecule has 0 spiro atoms. The Morgan fingerprint density at radius 1 is 0.412 bits per heavy atom. The van der Waals surface area contributed by atoms with E-state index in [1.54, 1.807) is 60.7 Å². The Hall–Kier alpha value is -4.00. The Labute approximate surface area is 200 Å². The van der Waals surface area contributed by atoms with E-state index in [9.17, 15) is 19.2 Å². The number of rotatable bonds is 2. The quantitative estimate of drug-likeness (QED) is 0.364. The molecule has 0 bridgehead atoms. The van der Waals surface area contributed by atoms with Gasteiger partial charge in [-0.2, -0.15) is 0 Å². The van der Waals surface area contributed by atoms with E-state index in [-0.39, 0.29) is 21.5 Å². The van der Waals surface area contributed by atoms with Crippen molar-refractivity contribution in [3.8, 4) is 11.4 Å². The van der Waals surface area contributed by atoms with E-state index < -0.39 is 22.2 Å². The molecule has 2 aromatic heterocycles. The molecule has 2 heterocycles. The molecule has 0 aliphatic carbocycles. The SMILES string of the molecule is O=c1c2ccc3c(ccc4c(=O)n(-c5ccc(Cl)cc5)c(=O)c43)c2c(=O)n1-c1ccc(Cl)cc1. The van der Waals surface area contributed by atoms with Crippen LogP contribution in [0.15, 0.2) is 92.0 Å². The minimum Gasteiger partial charge on any atom is -0.268 e. The van der Waals surface area contributed by atoms with Crippen molar-refractivity contribution in [2.45, 2.75) is 0 Å². The van der Waals surface area contributed by atoms with Crippen LogP contribution in [0.1, 0.15) is 0 Å². The molecule has 0 saturated heterocycles. The van der Waals surface area contributed by atoms with Crippen molar-refractivity contribution in [2.24, 2.45) is 0 Å². The number of hydrogen-bond donors (Lipinski definition) is 0. The Morgan fingerprint density at radius 2 is 0.735 bits per heavy atom. The van der Waals surface area contributed by atoms with Gasteiger partial charge in [0.2, 0.25) is 0 Å². The van der Waals surface area contributed by atoms with Gasteiger partial charge in [0.15, 0.2) is 0 Å². The molecule has 0 unspecified atom stereocenters. The molecule has 0 radical (unpaired) electrons. The molecule has 6 nitrogen and oxygen atoms in total. The van der Waals surface area contributed by atoms with Gasteiger partial charge >= 0.3 is 0 Å². The second kappa shape index (κ2) is 7.25. The lowest BCUT2D eigenvalue weighted by molar-refractivity contribution is 0.991. The molecule has 0 saturated carbocycles. The van der Waals surface area contributed by atoms with Crippen LogP contribution in [0.2, 0.25) is 10.0 Å². The first-order valence-corrected chi connectivity index (χ1v) is 11.0. The van der Waals surface area contributed by atoms with Gasteiger partial charge in [0.1, 0.15) is 0 Å². The Morgan fingerprint density at radius 3 is 1.09 bits per heavy atom. The van der Waals surface area contributed by atoms with Crippen molar-refractivity contribution < 1.29 is 0 Å². The highest BCUT2D eigenvalue weighted by atomic mass is 35.5. The normalized spacial score (nSPS) is 11.7. The predicted octanol–water partition coefficient (Wildman–Crippen LogP) is 4.35. The molecule has 4 aromatic carbocycles. The highest BCUT2D eigenvalue weighted by molar-refractivity contribution is 6.30. The minimum atomic E-state index is -0.501. The largest absolute Gasteiger partial charge is 0.268 e. The van der Waals surface area contributed by atoms with Crippen molar-refractivity contribution in [1.82, 2.24) is 9.13 Å². The van der Waals surface area contributed by atoms with Crippen LogP contribution in [0.25, 0.3) is 43.7 Å². The molecule has 34 heavy (non-hydrogen) atoms. The van der Waals surface area contributed by atoms with Gasteiger partial charge in [-0.15, -0.1) is 0 Å². The fourth-order valence-corrected chi connectivity index (χ4v) is 4.77. The lowest BCUT2D eigenvalue weighted by Crippen LogP contribution is -2.23. The molecule has 0 aliphatic heterocycles. The molecule has 6 aromatic rings. The summed E-state index contributed by atoms with van der Waals surface area (Å²) in [5.74, 6) is 0. The summed E-state index contributed by atoms with van der Waals surface area (Å²) in [4.78, 5) is 52.9. The maximum atomic E-state index is 13.4. The minimum absolute atomic E-state index is 0.199. The standard InChI is InChI=1S/C26H12Cl2N2O4/c27-13-1-5-15(6-2-13)29-23(31)19-11-9-18-17(21(19)25(29)33)10-12-20-22(18)26(34)30(24(20)32)16-7-3-14(28)4-8-16/h1-12H. The van der Waals surface area contributed by atoms with Crippen molar-refractivity contribution in [1.29, 1.82) is 0 Å². The lowest BCUT2D eigenvalue weighted by atomic mass is 10.0. The fraction of sp³-hybridized carbons (Fsp3) is 0. The number of hydrogen-bond acceptors (Lipinski definition) is 4. The van der Waals surface area contributed by atoms with Crippen LogP contribution in [0, 0.1) is 0 Å². The number of halogens is 2. The number of fused-ring (bicyclic) bond motifs is 5. The van der Waals surface area contributed by atoms with Gasteiger partial charge in [-0.1, -0.05) is 35.3 Å². The molecule has 0 amide bonds. The summed E-state index contributed by atoms with van der Waals surface area (Å²) in [5.41, 5.74) is -1.14. The van der Waals surface area contributed by atoms with E-state index in [1.807, 2.05) is 0 Å². The summed E-state index contributed by atoms with van der Waals surface area (Å²) in [5, 5.41) is 2.70. The van der Waals surface area contributed by atoms with E-state index in [4.69, 9.17) is 23.2 Å². The zero-order valence-electron chi connectivity index (χ0n) is 17.2. The first-order valence-electron chi connectivity index (χ1n) is 10.3. The number of nitrogens with zero attached hydrogens (tertiary/aromatic N) is 2. The fourth-order valence-electron chi connectivity index (χ4n) is 4.52. The second-order valence-electron chi connectivity index (χ2n) is 7.92. The van der Waals surface area contributed by atoms with E-state index in [2.05, 4.69) is 0 Å². The monoisotopic (exact) mass is 486 g/mol. The highest BCUT2D eigenvalue weighted by Gasteiger charge is 2.21. The maximum absolute atomic E-state index is 13.4. The predicted molar refractivity (Wildman–Crippen MR) is 135 cm³/mol. The van der Waals surface area contributed by atoms with E-state index >= 15 is 0 Å². The third kappa shape index (κ3) is 2.76. The van der Waals surface area contributed by atoms with Crippen LogP contribution < -0.4 is 22.2 Å². The number of aromatic nitrogens is 2. The number of benzene rings is 4. The summed E-state index contributed by atoms with van der Waals surface area (Å²) in [6.07, 6.45) is 0.